The Hall–Kier alpha value is -3.86. The van der Waals surface area contributed by atoms with Gasteiger partial charge in [-0.2, -0.15) is 9.78 Å². The number of nitrogens with zero attached hydrogens (tertiary/aromatic N) is 6. The summed E-state index contributed by atoms with van der Waals surface area (Å²) in [6.45, 7) is 0. The number of nitrogens with one attached hydrogen (secondary N) is 1. The second-order valence-corrected chi connectivity index (χ2v) is 6.71. The first-order valence-corrected chi connectivity index (χ1v) is 9.11. The van der Waals surface area contributed by atoms with E-state index in [1.165, 1.54) is 6.21 Å². The van der Waals surface area contributed by atoms with E-state index in [1.807, 2.05) is 42.5 Å². The second-order valence-electron chi connectivity index (χ2n) is 5.79. The molecular weight excluding hydrogens is 440 g/mol. The molecule has 2 heterocycles. The lowest BCUT2D eigenvalue weighted by Crippen LogP contribution is -2.22. The summed E-state index contributed by atoms with van der Waals surface area (Å²) in [6.07, 6.45) is 1.52. The van der Waals surface area contributed by atoms with Gasteiger partial charge in [0.15, 0.2) is 5.69 Å². The molecule has 0 radical (unpaired) electrons. The summed E-state index contributed by atoms with van der Waals surface area (Å²) in [6, 6.07) is 16.6. The van der Waals surface area contributed by atoms with Gasteiger partial charge >= 0.3 is 0 Å². The fourth-order valence-corrected chi connectivity index (χ4v) is 2.98. The largest absolute Gasteiger partial charge is 0.378 e. The molecule has 144 valence electrons. The number of halogens is 1. The van der Waals surface area contributed by atoms with Gasteiger partial charge in [-0.3, -0.25) is 4.79 Å². The van der Waals surface area contributed by atoms with Gasteiger partial charge in [-0.1, -0.05) is 63.6 Å². The molecule has 0 aliphatic rings. The number of amides is 1. The number of hydrogen-bond donors (Lipinski definition) is 2. The van der Waals surface area contributed by atoms with E-state index in [4.69, 9.17) is 5.73 Å². The van der Waals surface area contributed by atoms with E-state index in [9.17, 15) is 4.79 Å². The Morgan fingerprint density at radius 3 is 2.72 bits per heavy atom. The summed E-state index contributed by atoms with van der Waals surface area (Å²) < 4.78 is 6.68. The van der Waals surface area contributed by atoms with Crippen LogP contribution in [-0.2, 0) is 0 Å². The van der Waals surface area contributed by atoms with E-state index in [2.05, 4.69) is 51.7 Å². The number of nitrogen functional groups attached to an aromatic ring is 1. The summed E-state index contributed by atoms with van der Waals surface area (Å²) in [7, 11) is 0. The van der Waals surface area contributed by atoms with Gasteiger partial charge in [0.2, 0.25) is 11.6 Å². The molecule has 4 rings (SSSR count). The summed E-state index contributed by atoms with van der Waals surface area (Å²) in [4.78, 5) is 12.9. The summed E-state index contributed by atoms with van der Waals surface area (Å²) in [5.41, 5.74) is 10.2. The molecule has 0 atom stereocenters. The maximum Gasteiger partial charge on any atom is 0.292 e. The van der Waals surface area contributed by atoms with Crippen LogP contribution < -0.4 is 11.2 Å². The minimum absolute atomic E-state index is 0.0267. The zero-order valence-electron chi connectivity index (χ0n) is 14.7. The normalized spacial score (nSPS) is 11.1. The van der Waals surface area contributed by atoms with Crippen LogP contribution in [0.25, 0.3) is 17.1 Å². The minimum Gasteiger partial charge on any atom is -0.378 e. The highest BCUT2D eigenvalue weighted by Gasteiger charge is 2.25. The number of rotatable bonds is 5. The van der Waals surface area contributed by atoms with Crippen LogP contribution in [-0.4, -0.2) is 37.4 Å². The molecule has 3 N–H and O–H groups in total. The molecule has 10 nitrogen and oxygen atoms in total. The number of benzene rings is 2. The van der Waals surface area contributed by atoms with E-state index in [0.29, 0.717) is 11.3 Å². The van der Waals surface area contributed by atoms with E-state index >= 15 is 0 Å². The number of hydrogen-bond acceptors (Lipinski definition) is 8. The van der Waals surface area contributed by atoms with Gasteiger partial charge < -0.3 is 5.73 Å². The topological polar surface area (TPSA) is 137 Å². The van der Waals surface area contributed by atoms with Crippen LogP contribution >= 0.6 is 15.9 Å². The SMILES string of the molecule is Nc1nonc1-n1nnc(-c2ccccc2)c1C(=O)N/N=C/c1cccc(Br)c1. The van der Waals surface area contributed by atoms with Crippen molar-refractivity contribution in [3.05, 3.63) is 70.3 Å². The Labute approximate surface area is 172 Å². The predicted octanol–water partition coefficient (Wildman–Crippen LogP) is 2.43. The number of anilines is 1. The molecule has 0 aliphatic heterocycles. The van der Waals surface area contributed by atoms with Gasteiger partial charge in [0.25, 0.3) is 5.91 Å². The fraction of sp³-hybridized carbons (Fsp3) is 0. The number of carbonyl (C=O) groups is 1. The molecule has 4 aromatic rings. The molecule has 1 amide bonds. The highest BCUT2D eigenvalue weighted by atomic mass is 79.9. The zero-order chi connectivity index (χ0) is 20.2. The predicted molar refractivity (Wildman–Crippen MR) is 108 cm³/mol. The zero-order valence-corrected chi connectivity index (χ0v) is 16.3. The second kappa shape index (κ2) is 8.02. The lowest BCUT2D eigenvalue weighted by molar-refractivity contribution is 0.0948. The molecule has 0 unspecified atom stereocenters. The molecule has 0 bridgehead atoms. The molecular formula is C18H13BrN8O2. The molecule has 2 aromatic heterocycles. The molecule has 0 fully saturated rings. The summed E-state index contributed by atoms with van der Waals surface area (Å²) in [5.74, 6) is -0.524. The van der Waals surface area contributed by atoms with Gasteiger partial charge in [-0.25, -0.2) is 10.1 Å². The lowest BCUT2D eigenvalue weighted by atomic mass is 10.1. The Morgan fingerprint density at radius 1 is 1.17 bits per heavy atom. The molecule has 0 saturated carbocycles. The summed E-state index contributed by atoms with van der Waals surface area (Å²) >= 11 is 3.39. The number of aromatic nitrogens is 5. The monoisotopic (exact) mass is 452 g/mol. The van der Waals surface area contributed by atoms with Gasteiger partial charge in [0.1, 0.15) is 5.69 Å². The Balaban J connectivity index is 1.69. The van der Waals surface area contributed by atoms with Crippen molar-refractivity contribution in [1.29, 1.82) is 0 Å². The number of hydrazone groups is 1. The molecule has 2 aromatic carbocycles. The molecule has 0 spiro atoms. The summed E-state index contributed by atoms with van der Waals surface area (Å²) in [5, 5.41) is 19.3. The van der Waals surface area contributed by atoms with E-state index in [0.717, 1.165) is 14.7 Å². The quantitative estimate of drug-likeness (QED) is 0.350. The molecule has 0 aliphatic carbocycles. The van der Waals surface area contributed by atoms with E-state index in [1.54, 1.807) is 12.1 Å². The first-order chi connectivity index (χ1) is 14.1. The van der Waals surface area contributed by atoms with Gasteiger partial charge in [0.05, 0.1) is 6.21 Å². The first kappa shape index (κ1) is 18.5. The highest BCUT2D eigenvalue weighted by Crippen LogP contribution is 2.24. The van der Waals surface area contributed by atoms with Crippen LogP contribution in [0.5, 0.6) is 0 Å². The molecule has 0 saturated heterocycles. The highest BCUT2D eigenvalue weighted by molar-refractivity contribution is 9.10. The lowest BCUT2D eigenvalue weighted by Gasteiger charge is -2.04. The smallest absolute Gasteiger partial charge is 0.292 e. The fourth-order valence-electron chi connectivity index (χ4n) is 2.57. The first-order valence-electron chi connectivity index (χ1n) is 8.32. The van der Waals surface area contributed by atoms with E-state index in [-0.39, 0.29) is 17.3 Å². The van der Waals surface area contributed by atoms with Crippen molar-refractivity contribution in [2.45, 2.75) is 0 Å². The van der Waals surface area contributed by atoms with Gasteiger partial charge in [0, 0.05) is 10.0 Å². The third-order valence-corrected chi connectivity index (χ3v) is 4.35. The van der Waals surface area contributed by atoms with Gasteiger partial charge in [-0.15, -0.1) is 5.10 Å². The van der Waals surface area contributed by atoms with E-state index < -0.39 is 5.91 Å². The molecule has 29 heavy (non-hydrogen) atoms. The molecule has 11 heteroatoms. The Morgan fingerprint density at radius 2 is 2.00 bits per heavy atom. The van der Waals surface area contributed by atoms with Crippen molar-refractivity contribution in [2.24, 2.45) is 5.10 Å². The third kappa shape index (κ3) is 3.89. The van der Waals surface area contributed by atoms with Crippen LogP contribution in [0, 0.1) is 0 Å². The Kier molecular flexibility index (Phi) is 5.12. The minimum atomic E-state index is -0.553. The van der Waals surface area contributed by atoms with Crippen molar-refractivity contribution in [3.63, 3.8) is 0 Å². The Bertz CT molecular complexity index is 1190. The number of nitrogens with two attached hydrogens (primary N) is 1. The van der Waals surface area contributed by atoms with Gasteiger partial charge in [-0.05, 0) is 28.0 Å². The average molecular weight is 453 g/mol. The van der Waals surface area contributed by atoms with Crippen molar-refractivity contribution in [2.75, 3.05) is 5.73 Å². The van der Waals surface area contributed by atoms with Crippen LogP contribution in [0.15, 0.2) is 68.8 Å². The maximum atomic E-state index is 12.9. The van der Waals surface area contributed by atoms with Crippen LogP contribution in [0.1, 0.15) is 16.1 Å². The average Bonchev–Trinajstić information content (AvgIpc) is 3.34. The van der Waals surface area contributed by atoms with Crippen LogP contribution in [0.3, 0.4) is 0 Å². The van der Waals surface area contributed by atoms with Crippen molar-refractivity contribution in [3.8, 4) is 17.1 Å². The van der Waals surface area contributed by atoms with Crippen molar-refractivity contribution >= 4 is 33.9 Å². The number of carbonyl (C=O) groups excluding carboxylic acids is 1. The van der Waals surface area contributed by atoms with Crippen LogP contribution in [0.4, 0.5) is 5.82 Å². The van der Waals surface area contributed by atoms with Crippen molar-refractivity contribution < 1.29 is 9.42 Å². The van der Waals surface area contributed by atoms with Crippen molar-refractivity contribution in [1.82, 2.24) is 30.7 Å². The third-order valence-electron chi connectivity index (χ3n) is 3.86. The standard InChI is InChI=1S/C18H13BrN8O2/c19-13-8-4-5-11(9-13)10-21-23-18(28)15-14(12-6-2-1-3-7-12)22-26-27(15)17-16(20)24-29-25-17/h1-10H,(H2,20,24)(H,23,28)/b21-10+. The van der Waals surface area contributed by atoms with Crippen LogP contribution in [0.2, 0.25) is 0 Å². The maximum absolute atomic E-state index is 12.9.